The van der Waals surface area contributed by atoms with Crippen molar-refractivity contribution in [2.45, 2.75) is 6.42 Å². The third kappa shape index (κ3) is 1.54. The van der Waals surface area contributed by atoms with Crippen molar-refractivity contribution >= 4 is 28.5 Å². The molecule has 6 heteroatoms. The number of benzene rings is 1. The summed E-state index contributed by atoms with van der Waals surface area (Å²) in [6, 6.07) is 4.89. The standard InChI is InChI=1S/C11H8N2O4/c14-7-4-10(15)13(5-7)6-1-2-8-9(3-6)17-11(16)12-8/h1-3H,4-5H2,(H,12,16). The Kier molecular flexibility index (Phi) is 1.91. The average Bonchev–Trinajstić information content (AvgIpc) is 2.78. The first-order valence-electron chi connectivity index (χ1n) is 5.08. The molecule has 1 fully saturated rings. The Morgan fingerprint density at radius 2 is 2.06 bits per heavy atom. The summed E-state index contributed by atoms with van der Waals surface area (Å²) in [7, 11) is 0. The summed E-state index contributed by atoms with van der Waals surface area (Å²) in [6.45, 7) is 0.0823. The lowest BCUT2D eigenvalue weighted by Crippen LogP contribution is -2.24. The van der Waals surface area contributed by atoms with E-state index in [2.05, 4.69) is 4.98 Å². The summed E-state index contributed by atoms with van der Waals surface area (Å²) in [4.78, 5) is 37.6. The van der Waals surface area contributed by atoms with Crippen LogP contribution in [0.2, 0.25) is 0 Å². The minimum atomic E-state index is -0.541. The fourth-order valence-corrected chi connectivity index (χ4v) is 1.92. The molecule has 1 N–H and O–H groups in total. The number of carbonyl (C=O) groups excluding carboxylic acids is 2. The Labute approximate surface area is 94.8 Å². The van der Waals surface area contributed by atoms with E-state index in [1.54, 1.807) is 18.2 Å². The molecule has 0 spiro atoms. The van der Waals surface area contributed by atoms with Gasteiger partial charge in [-0.1, -0.05) is 0 Å². The first kappa shape index (κ1) is 9.83. The number of carbonyl (C=O) groups is 2. The largest absolute Gasteiger partial charge is 0.417 e. The molecule has 2 heterocycles. The van der Waals surface area contributed by atoms with Gasteiger partial charge >= 0.3 is 5.76 Å². The summed E-state index contributed by atoms with van der Waals surface area (Å²) in [5, 5.41) is 0. The van der Waals surface area contributed by atoms with Gasteiger partial charge in [-0.3, -0.25) is 14.6 Å². The Morgan fingerprint density at radius 3 is 2.76 bits per heavy atom. The molecule has 0 bridgehead atoms. The molecule has 1 aromatic heterocycles. The van der Waals surface area contributed by atoms with E-state index in [1.807, 2.05) is 0 Å². The van der Waals surface area contributed by atoms with Gasteiger partial charge in [-0.25, -0.2) is 4.79 Å². The Morgan fingerprint density at radius 1 is 1.24 bits per heavy atom. The van der Waals surface area contributed by atoms with Gasteiger partial charge in [0, 0.05) is 11.8 Å². The number of rotatable bonds is 1. The number of aromatic nitrogens is 1. The van der Waals surface area contributed by atoms with E-state index < -0.39 is 5.76 Å². The molecule has 0 atom stereocenters. The molecule has 86 valence electrons. The van der Waals surface area contributed by atoms with Crippen LogP contribution in [0.3, 0.4) is 0 Å². The number of anilines is 1. The van der Waals surface area contributed by atoms with E-state index in [4.69, 9.17) is 4.42 Å². The molecule has 1 aliphatic heterocycles. The highest BCUT2D eigenvalue weighted by Gasteiger charge is 2.28. The highest BCUT2D eigenvalue weighted by Crippen LogP contribution is 2.23. The second-order valence-electron chi connectivity index (χ2n) is 3.89. The monoisotopic (exact) mass is 232 g/mol. The molecule has 0 radical (unpaired) electrons. The Hall–Kier alpha value is -2.37. The number of nitrogens with one attached hydrogen (secondary N) is 1. The van der Waals surface area contributed by atoms with Crippen LogP contribution in [0.4, 0.5) is 5.69 Å². The lowest BCUT2D eigenvalue weighted by Gasteiger charge is -2.13. The van der Waals surface area contributed by atoms with Gasteiger partial charge in [0.15, 0.2) is 11.4 Å². The number of amides is 1. The number of hydrogen-bond acceptors (Lipinski definition) is 4. The molecule has 0 saturated carbocycles. The summed E-state index contributed by atoms with van der Waals surface area (Å²) >= 11 is 0. The van der Waals surface area contributed by atoms with E-state index in [9.17, 15) is 14.4 Å². The van der Waals surface area contributed by atoms with Crippen LogP contribution in [0.25, 0.3) is 11.1 Å². The van der Waals surface area contributed by atoms with Crippen molar-refractivity contribution in [2.24, 2.45) is 0 Å². The van der Waals surface area contributed by atoms with Crippen LogP contribution in [0, 0.1) is 0 Å². The lowest BCUT2D eigenvalue weighted by atomic mass is 10.2. The normalized spacial score (nSPS) is 16.1. The zero-order chi connectivity index (χ0) is 12.0. The van der Waals surface area contributed by atoms with Crippen LogP contribution >= 0.6 is 0 Å². The van der Waals surface area contributed by atoms with Gasteiger partial charge in [0.05, 0.1) is 18.5 Å². The third-order valence-electron chi connectivity index (χ3n) is 2.70. The Bertz CT molecular complexity index is 682. The summed E-state index contributed by atoms with van der Waals surface area (Å²) in [5.41, 5.74) is 1.51. The van der Waals surface area contributed by atoms with E-state index in [1.165, 1.54) is 4.90 Å². The molecule has 0 aliphatic carbocycles. The molecular weight excluding hydrogens is 224 g/mol. The predicted octanol–water partition coefficient (Wildman–Crippen LogP) is 0.427. The van der Waals surface area contributed by atoms with Crippen LogP contribution in [0.5, 0.6) is 0 Å². The van der Waals surface area contributed by atoms with Crippen molar-refractivity contribution in [3.8, 4) is 0 Å². The molecule has 0 unspecified atom stereocenters. The molecule has 1 saturated heterocycles. The molecule has 6 nitrogen and oxygen atoms in total. The van der Waals surface area contributed by atoms with Gasteiger partial charge in [-0.2, -0.15) is 0 Å². The second-order valence-corrected chi connectivity index (χ2v) is 3.89. The number of hydrogen-bond donors (Lipinski definition) is 1. The highest BCUT2D eigenvalue weighted by atomic mass is 16.4. The zero-order valence-corrected chi connectivity index (χ0v) is 8.73. The fraction of sp³-hybridized carbons (Fsp3) is 0.182. The van der Waals surface area contributed by atoms with Crippen molar-refractivity contribution < 1.29 is 14.0 Å². The smallest absolute Gasteiger partial charge is 0.408 e. The molecule has 1 aromatic carbocycles. The van der Waals surface area contributed by atoms with Gasteiger partial charge in [0.1, 0.15) is 0 Å². The molecule has 3 rings (SSSR count). The quantitative estimate of drug-likeness (QED) is 0.722. The van der Waals surface area contributed by atoms with Crippen LogP contribution in [0.15, 0.2) is 27.4 Å². The number of nitrogens with zero attached hydrogens (tertiary/aromatic N) is 1. The third-order valence-corrected chi connectivity index (χ3v) is 2.70. The summed E-state index contributed by atoms with van der Waals surface area (Å²) in [5.74, 6) is -0.876. The topological polar surface area (TPSA) is 83.4 Å². The van der Waals surface area contributed by atoms with E-state index in [0.717, 1.165) is 0 Å². The van der Waals surface area contributed by atoms with E-state index >= 15 is 0 Å². The fourth-order valence-electron chi connectivity index (χ4n) is 1.92. The van der Waals surface area contributed by atoms with Gasteiger partial charge in [-0.05, 0) is 12.1 Å². The number of H-pyrrole nitrogens is 1. The van der Waals surface area contributed by atoms with Crippen LogP contribution in [0.1, 0.15) is 6.42 Å². The van der Waals surface area contributed by atoms with Gasteiger partial charge in [-0.15, -0.1) is 0 Å². The number of fused-ring (bicyclic) bond motifs is 1. The summed E-state index contributed by atoms with van der Waals surface area (Å²) in [6.07, 6.45) is -0.0604. The second kappa shape index (κ2) is 3.31. The van der Waals surface area contributed by atoms with Crippen molar-refractivity contribution in [2.75, 3.05) is 11.4 Å². The molecular formula is C11H8N2O4. The van der Waals surface area contributed by atoms with Crippen molar-refractivity contribution in [3.05, 3.63) is 28.7 Å². The maximum Gasteiger partial charge on any atom is 0.417 e. The van der Waals surface area contributed by atoms with Crippen molar-refractivity contribution in [1.82, 2.24) is 4.98 Å². The average molecular weight is 232 g/mol. The number of oxazole rings is 1. The van der Waals surface area contributed by atoms with Crippen LogP contribution in [-0.4, -0.2) is 23.2 Å². The van der Waals surface area contributed by atoms with Crippen LogP contribution < -0.4 is 10.7 Å². The maximum atomic E-state index is 11.5. The van der Waals surface area contributed by atoms with Gasteiger partial charge < -0.3 is 9.32 Å². The molecule has 17 heavy (non-hydrogen) atoms. The van der Waals surface area contributed by atoms with Gasteiger partial charge in [0.2, 0.25) is 5.91 Å². The first-order valence-corrected chi connectivity index (χ1v) is 5.08. The predicted molar refractivity (Wildman–Crippen MR) is 58.8 cm³/mol. The lowest BCUT2D eigenvalue weighted by molar-refractivity contribution is -0.121. The van der Waals surface area contributed by atoms with Crippen molar-refractivity contribution in [1.29, 1.82) is 0 Å². The maximum absolute atomic E-state index is 11.5. The minimum Gasteiger partial charge on any atom is -0.408 e. The van der Waals surface area contributed by atoms with E-state index in [0.29, 0.717) is 16.8 Å². The number of ketones is 1. The SMILES string of the molecule is O=C1CC(=O)N(c2ccc3[nH]c(=O)oc3c2)C1. The zero-order valence-electron chi connectivity index (χ0n) is 8.73. The number of Topliss-reactive ketones (excluding diaryl/α,β-unsaturated/α-hetero) is 1. The first-order chi connectivity index (χ1) is 8.13. The minimum absolute atomic E-state index is 0.0604. The highest BCUT2D eigenvalue weighted by molar-refractivity contribution is 6.15. The molecule has 2 aromatic rings. The van der Waals surface area contributed by atoms with Crippen LogP contribution in [-0.2, 0) is 9.59 Å². The van der Waals surface area contributed by atoms with Gasteiger partial charge in [0.25, 0.3) is 0 Å². The molecule has 1 amide bonds. The Balaban J connectivity index is 2.08. The van der Waals surface area contributed by atoms with E-state index in [-0.39, 0.29) is 24.7 Å². The summed E-state index contributed by atoms with van der Waals surface area (Å²) < 4.78 is 4.90. The molecule has 1 aliphatic rings. The van der Waals surface area contributed by atoms with Crippen molar-refractivity contribution in [3.63, 3.8) is 0 Å². The number of aromatic amines is 1.